The van der Waals surface area contributed by atoms with Crippen LogP contribution in [0.1, 0.15) is 31.7 Å². The van der Waals surface area contributed by atoms with Crippen molar-refractivity contribution in [2.45, 2.75) is 33.6 Å². The van der Waals surface area contributed by atoms with Gasteiger partial charge in [-0.3, -0.25) is 0 Å². The van der Waals surface area contributed by atoms with Crippen LogP contribution < -0.4 is 10.1 Å². The second-order valence-corrected chi connectivity index (χ2v) is 5.19. The lowest BCUT2D eigenvalue weighted by Crippen LogP contribution is -2.08. The summed E-state index contributed by atoms with van der Waals surface area (Å²) in [5.41, 5.74) is 0.913. The number of benzene rings is 1. The Morgan fingerprint density at radius 2 is 1.86 bits per heavy atom. The van der Waals surface area contributed by atoms with Crippen LogP contribution in [-0.4, -0.2) is 16.5 Å². The molecular formula is C16H20ClN3O. The van der Waals surface area contributed by atoms with Crippen LogP contribution in [0.4, 0.5) is 5.82 Å². The Labute approximate surface area is 130 Å². The summed E-state index contributed by atoms with van der Waals surface area (Å²) in [5, 5.41) is 4.00. The van der Waals surface area contributed by atoms with Gasteiger partial charge in [0.1, 0.15) is 17.4 Å². The average molecular weight is 306 g/mol. The van der Waals surface area contributed by atoms with Gasteiger partial charge in [-0.05, 0) is 37.6 Å². The van der Waals surface area contributed by atoms with Crippen molar-refractivity contribution < 1.29 is 4.74 Å². The molecule has 0 aliphatic rings. The minimum atomic E-state index is 0.586. The highest BCUT2D eigenvalue weighted by molar-refractivity contribution is 6.30. The molecule has 0 unspecified atom stereocenters. The molecule has 0 spiro atoms. The highest BCUT2D eigenvalue weighted by Crippen LogP contribution is 2.28. The Morgan fingerprint density at radius 1 is 1.14 bits per heavy atom. The normalized spacial score (nSPS) is 10.5. The van der Waals surface area contributed by atoms with E-state index in [4.69, 9.17) is 16.3 Å². The van der Waals surface area contributed by atoms with E-state index in [1.165, 1.54) is 0 Å². The van der Waals surface area contributed by atoms with Gasteiger partial charge < -0.3 is 10.1 Å². The molecule has 112 valence electrons. The molecule has 5 heteroatoms. The summed E-state index contributed by atoms with van der Waals surface area (Å²) < 4.78 is 5.88. The number of aryl methyl sites for hydroxylation is 1. The first-order valence-corrected chi connectivity index (χ1v) is 7.56. The molecule has 1 aromatic heterocycles. The van der Waals surface area contributed by atoms with E-state index >= 15 is 0 Å². The number of nitrogens with one attached hydrogen (secondary N) is 1. The Kier molecular flexibility index (Phi) is 5.39. The molecule has 0 aliphatic heterocycles. The molecule has 1 heterocycles. The molecule has 0 radical (unpaired) electrons. The van der Waals surface area contributed by atoms with Crippen molar-refractivity contribution in [3.05, 3.63) is 40.7 Å². The predicted octanol–water partition coefficient (Wildman–Crippen LogP) is 4.62. The van der Waals surface area contributed by atoms with E-state index in [0.717, 1.165) is 36.6 Å². The number of hydrogen-bond acceptors (Lipinski definition) is 4. The van der Waals surface area contributed by atoms with Gasteiger partial charge >= 0.3 is 0 Å². The van der Waals surface area contributed by atoms with E-state index in [1.54, 1.807) is 12.1 Å². The smallest absolute Gasteiger partial charge is 0.227 e. The zero-order valence-electron chi connectivity index (χ0n) is 12.6. The van der Waals surface area contributed by atoms with Gasteiger partial charge in [0.2, 0.25) is 5.88 Å². The number of ether oxygens (including phenoxy) is 1. The van der Waals surface area contributed by atoms with Gasteiger partial charge in [0.15, 0.2) is 0 Å². The number of nitrogens with zero attached hydrogens (tertiary/aromatic N) is 2. The molecule has 0 saturated heterocycles. The molecule has 1 N–H and O–H groups in total. The van der Waals surface area contributed by atoms with Gasteiger partial charge in [0.25, 0.3) is 0 Å². The van der Waals surface area contributed by atoms with Gasteiger partial charge in [-0.15, -0.1) is 0 Å². The van der Waals surface area contributed by atoms with Crippen molar-refractivity contribution in [3.8, 4) is 11.6 Å². The fourth-order valence-corrected chi connectivity index (χ4v) is 1.95. The number of anilines is 1. The van der Waals surface area contributed by atoms with Crippen LogP contribution in [0.5, 0.6) is 11.6 Å². The molecule has 1 aromatic carbocycles. The largest absolute Gasteiger partial charge is 0.439 e. The number of rotatable bonds is 6. The van der Waals surface area contributed by atoms with Gasteiger partial charge in [-0.2, -0.15) is 4.98 Å². The molecule has 4 nitrogen and oxygen atoms in total. The van der Waals surface area contributed by atoms with Crippen molar-refractivity contribution >= 4 is 17.4 Å². The second-order valence-electron chi connectivity index (χ2n) is 4.75. The predicted molar refractivity (Wildman–Crippen MR) is 86.5 cm³/mol. The van der Waals surface area contributed by atoms with Crippen molar-refractivity contribution in [2.24, 2.45) is 0 Å². The standard InChI is InChI=1S/C16H20ClN3O/c1-4-10-18-15-11(3)16(20-14(5-2)19-15)21-13-8-6-12(17)7-9-13/h6-9H,4-5,10H2,1-3H3,(H,18,19,20). The lowest BCUT2D eigenvalue weighted by Gasteiger charge is -2.13. The van der Waals surface area contributed by atoms with E-state index in [-0.39, 0.29) is 0 Å². The van der Waals surface area contributed by atoms with Gasteiger partial charge in [-0.1, -0.05) is 25.4 Å². The summed E-state index contributed by atoms with van der Waals surface area (Å²) in [6, 6.07) is 7.25. The first kappa shape index (κ1) is 15.6. The molecule has 0 atom stereocenters. The third kappa shape index (κ3) is 4.08. The molecule has 0 aliphatic carbocycles. The van der Waals surface area contributed by atoms with E-state index in [2.05, 4.69) is 22.2 Å². The van der Waals surface area contributed by atoms with Crippen LogP contribution in [0.3, 0.4) is 0 Å². The molecular weight excluding hydrogens is 286 g/mol. The molecule has 2 aromatic rings. The Bertz CT molecular complexity index is 599. The fraction of sp³-hybridized carbons (Fsp3) is 0.375. The molecule has 0 amide bonds. The Hall–Kier alpha value is -1.81. The molecule has 0 fully saturated rings. The van der Waals surface area contributed by atoms with Gasteiger partial charge in [0, 0.05) is 18.0 Å². The fourth-order valence-electron chi connectivity index (χ4n) is 1.83. The third-order valence-electron chi connectivity index (χ3n) is 3.03. The monoisotopic (exact) mass is 305 g/mol. The average Bonchev–Trinajstić information content (AvgIpc) is 2.50. The maximum atomic E-state index is 5.88. The Balaban J connectivity index is 2.30. The maximum Gasteiger partial charge on any atom is 0.227 e. The van der Waals surface area contributed by atoms with Gasteiger partial charge in [0.05, 0.1) is 5.56 Å². The van der Waals surface area contributed by atoms with Crippen LogP contribution in [0.2, 0.25) is 5.02 Å². The van der Waals surface area contributed by atoms with Crippen molar-refractivity contribution in [1.82, 2.24) is 9.97 Å². The molecule has 0 bridgehead atoms. The summed E-state index contributed by atoms with van der Waals surface area (Å²) in [6.45, 7) is 6.99. The van der Waals surface area contributed by atoms with Crippen LogP contribution in [0.15, 0.2) is 24.3 Å². The quantitative estimate of drug-likeness (QED) is 0.846. The minimum absolute atomic E-state index is 0.586. The van der Waals surface area contributed by atoms with Crippen LogP contribution in [0.25, 0.3) is 0 Å². The van der Waals surface area contributed by atoms with E-state index in [9.17, 15) is 0 Å². The summed E-state index contributed by atoms with van der Waals surface area (Å²) in [6.07, 6.45) is 1.80. The molecule has 2 rings (SSSR count). The first-order chi connectivity index (χ1) is 10.1. The first-order valence-electron chi connectivity index (χ1n) is 7.18. The second kappa shape index (κ2) is 7.27. The summed E-state index contributed by atoms with van der Waals surface area (Å²) in [4.78, 5) is 8.99. The number of aromatic nitrogens is 2. The van der Waals surface area contributed by atoms with Crippen molar-refractivity contribution in [2.75, 3.05) is 11.9 Å². The SMILES string of the molecule is CCCNc1nc(CC)nc(Oc2ccc(Cl)cc2)c1C. The topological polar surface area (TPSA) is 47.0 Å². The zero-order valence-corrected chi connectivity index (χ0v) is 13.4. The van der Waals surface area contributed by atoms with E-state index in [0.29, 0.717) is 16.7 Å². The van der Waals surface area contributed by atoms with Crippen molar-refractivity contribution in [3.63, 3.8) is 0 Å². The van der Waals surface area contributed by atoms with Crippen molar-refractivity contribution in [1.29, 1.82) is 0 Å². The number of halogens is 1. The van der Waals surface area contributed by atoms with Gasteiger partial charge in [-0.25, -0.2) is 4.98 Å². The Morgan fingerprint density at radius 3 is 2.48 bits per heavy atom. The highest BCUT2D eigenvalue weighted by Gasteiger charge is 2.12. The number of hydrogen-bond donors (Lipinski definition) is 1. The highest BCUT2D eigenvalue weighted by atomic mass is 35.5. The van der Waals surface area contributed by atoms with E-state index < -0.39 is 0 Å². The van der Waals surface area contributed by atoms with Crippen LogP contribution in [-0.2, 0) is 6.42 Å². The minimum Gasteiger partial charge on any atom is -0.439 e. The third-order valence-corrected chi connectivity index (χ3v) is 3.29. The maximum absolute atomic E-state index is 5.88. The lowest BCUT2D eigenvalue weighted by atomic mass is 10.3. The molecule has 21 heavy (non-hydrogen) atoms. The summed E-state index contributed by atoms with van der Waals surface area (Å²) >= 11 is 5.88. The molecule has 0 saturated carbocycles. The summed E-state index contributed by atoms with van der Waals surface area (Å²) in [5.74, 6) is 2.91. The summed E-state index contributed by atoms with van der Waals surface area (Å²) in [7, 11) is 0. The lowest BCUT2D eigenvalue weighted by molar-refractivity contribution is 0.455. The zero-order chi connectivity index (χ0) is 15.2. The van der Waals surface area contributed by atoms with Crippen LogP contribution in [0, 0.1) is 6.92 Å². The van der Waals surface area contributed by atoms with Crippen LogP contribution >= 0.6 is 11.6 Å². The van der Waals surface area contributed by atoms with E-state index in [1.807, 2.05) is 26.0 Å².